The number of alkyl halides is 3. The SMILES string of the molecule is Br/C=C/[Se]C(Br)C(Br)Br. The van der Waals surface area contributed by atoms with Crippen molar-refractivity contribution in [2.45, 2.75) is 7.46 Å². The second-order valence-electron chi connectivity index (χ2n) is 1.08. The molecule has 0 aromatic heterocycles. The molecule has 0 spiro atoms. The summed E-state index contributed by atoms with van der Waals surface area (Å²) in [5.41, 5.74) is 0. The molecule has 0 aromatic carbocycles. The molecule has 9 heavy (non-hydrogen) atoms. The van der Waals surface area contributed by atoms with Crippen molar-refractivity contribution in [3.63, 3.8) is 0 Å². The third kappa shape index (κ3) is 6.57. The summed E-state index contributed by atoms with van der Waals surface area (Å²) in [7, 11) is 0. The normalized spacial score (nSPS) is 15.2. The maximum atomic E-state index is 3.51. The van der Waals surface area contributed by atoms with Gasteiger partial charge in [-0.2, -0.15) is 0 Å². The van der Waals surface area contributed by atoms with Crippen molar-refractivity contribution < 1.29 is 0 Å². The van der Waals surface area contributed by atoms with Crippen LogP contribution in [0.5, 0.6) is 0 Å². The summed E-state index contributed by atoms with van der Waals surface area (Å²) in [6, 6.07) is 0. The van der Waals surface area contributed by atoms with Gasteiger partial charge in [0, 0.05) is 0 Å². The molecule has 0 aliphatic rings. The third-order valence-electron chi connectivity index (χ3n) is 0.458. The predicted molar refractivity (Wildman–Crippen MR) is 58.2 cm³/mol. The summed E-state index contributed by atoms with van der Waals surface area (Å²) in [6.07, 6.45) is 0. The summed E-state index contributed by atoms with van der Waals surface area (Å²) in [5.74, 6) is 0. The molecule has 0 rings (SSSR count). The van der Waals surface area contributed by atoms with Crippen LogP contribution in [-0.4, -0.2) is 22.4 Å². The Balaban J connectivity index is 3.38. The first kappa shape index (κ1) is 11.2. The van der Waals surface area contributed by atoms with Crippen molar-refractivity contribution in [1.29, 1.82) is 0 Å². The van der Waals surface area contributed by atoms with Crippen LogP contribution in [-0.2, 0) is 0 Å². The first-order valence-corrected chi connectivity index (χ1v) is 7.65. The number of halogens is 4. The Labute approximate surface area is 94.9 Å². The number of hydrogen-bond donors (Lipinski definition) is 0. The molecule has 0 N–H and O–H groups in total. The van der Waals surface area contributed by atoms with Crippen molar-refractivity contribution >= 4 is 78.7 Å². The fourth-order valence-electron chi connectivity index (χ4n) is 0.164. The average Bonchev–Trinajstić information content (AvgIpc) is 1.82. The Bertz CT molecular complexity index is 92.6. The topological polar surface area (TPSA) is 0 Å². The van der Waals surface area contributed by atoms with E-state index in [0.29, 0.717) is 22.4 Å². The first-order chi connectivity index (χ1) is 4.18. The van der Waals surface area contributed by atoms with Crippen molar-refractivity contribution in [3.05, 3.63) is 9.96 Å². The van der Waals surface area contributed by atoms with Crippen molar-refractivity contribution in [2.75, 3.05) is 0 Å². The van der Waals surface area contributed by atoms with Crippen LogP contribution in [0.3, 0.4) is 0 Å². The molecule has 0 nitrogen and oxygen atoms in total. The molecule has 0 saturated heterocycles. The standard InChI is InChI=1S/C4H4Br4Se/c5-1-2-9-4(8)3(6)7/h1-4H/b2-1+. The second kappa shape index (κ2) is 6.86. The van der Waals surface area contributed by atoms with E-state index in [2.05, 4.69) is 68.7 Å². The van der Waals surface area contributed by atoms with Gasteiger partial charge in [-0.1, -0.05) is 0 Å². The zero-order valence-electron chi connectivity index (χ0n) is 4.23. The van der Waals surface area contributed by atoms with E-state index in [1.165, 1.54) is 0 Å². The molecule has 5 heteroatoms. The van der Waals surface area contributed by atoms with E-state index >= 15 is 0 Å². The monoisotopic (exact) mass is 448 g/mol. The van der Waals surface area contributed by atoms with Crippen LogP contribution in [0.1, 0.15) is 0 Å². The molecule has 0 amide bonds. The molecule has 0 fully saturated rings. The fourth-order valence-corrected chi connectivity index (χ4v) is 3.44. The van der Waals surface area contributed by atoms with Crippen LogP contribution in [0.2, 0.25) is 0 Å². The third-order valence-corrected chi connectivity index (χ3v) is 8.94. The molecular weight excluding hydrogens is 447 g/mol. The maximum absolute atomic E-state index is 3.51. The van der Waals surface area contributed by atoms with E-state index in [0.717, 1.165) is 0 Å². The van der Waals surface area contributed by atoms with E-state index in [4.69, 9.17) is 0 Å². The molecule has 54 valence electrons. The van der Waals surface area contributed by atoms with Crippen molar-refractivity contribution in [3.8, 4) is 0 Å². The van der Waals surface area contributed by atoms with E-state index < -0.39 is 0 Å². The molecular formula is C4H4Br4Se. The van der Waals surface area contributed by atoms with Crippen molar-refractivity contribution in [2.24, 2.45) is 0 Å². The Morgan fingerprint density at radius 3 is 2.11 bits per heavy atom. The predicted octanol–water partition coefficient (Wildman–Crippen LogP) is 3.39. The van der Waals surface area contributed by atoms with E-state index in [1.807, 2.05) is 4.99 Å². The van der Waals surface area contributed by atoms with Gasteiger partial charge < -0.3 is 0 Å². The quantitative estimate of drug-likeness (QED) is 0.457. The average molecular weight is 451 g/mol. The van der Waals surface area contributed by atoms with Gasteiger partial charge in [-0.15, -0.1) is 0 Å². The van der Waals surface area contributed by atoms with E-state index in [1.54, 1.807) is 0 Å². The molecule has 0 aliphatic heterocycles. The molecule has 0 aromatic rings. The summed E-state index contributed by atoms with van der Waals surface area (Å²) >= 11 is 14.0. The molecule has 0 heterocycles. The van der Waals surface area contributed by atoms with Crippen LogP contribution in [0.15, 0.2) is 9.96 Å². The first-order valence-electron chi connectivity index (χ1n) is 2.01. The zero-order valence-corrected chi connectivity index (χ0v) is 12.3. The zero-order chi connectivity index (χ0) is 7.28. The molecule has 0 radical (unpaired) electrons. The van der Waals surface area contributed by atoms with Crippen LogP contribution < -0.4 is 0 Å². The number of hydrogen-bond acceptors (Lipinski definition) is 0. The summed E-state index contributed by atoms with van der Waals surface area (Å²) in [6.45, 7) is 0. The van der Waals surface area contributed by atoms with Gasteiger partial charge in [-0.25, -0.2) is 0 Å². The van der Waals surface area contributed by atoms with E-state index in [9.17, 15) is 0 Å². The summed E-state index contributed by atoms with van der Waals surface area (Å²) < 4.78 is 0.882. The molecule has 0 aliphatic carbocycles. The van der Waals surface area contributed by atoms with Crippen LogP contribution in [0.4, 0.5) is 0 Å². The van der Waals surface area contributed by atoms with Gasteiger partial charge in [0.1, 0.15) is 0 Å². The van der Waals surface area contributed by atoms with Crippen LogP contribution >= 0.6 is 63.7 Å². The molecule has 1 atom stereocenters. The Kier molecular flexibility index (Phi) is 8.53. The van der Waals surface area contributed by atoms with Gasteiger partial charge in [0.05, 0.1) is 0 Å². The fraction of sp³-hybridized carbons (Fsp3) is 0.500. The Morgan fingerprint density at radius 2 is 1.78 bits per heavy atom. The van der Waals surface area contributed by atoms with Gasteiger partial charge in [0.25, 0.3) is 0 Å². The van der Waals surface area contributed by atoms with Gasteiger partial charge >= 0.3 is 96.1 Å². The van der Waals surface area contributed by atoms with E-state index in [-0.39, 0.29) is 0 Å². The van der Waals surface area contributed by atoms with Gasteiger partial charge in [0.15, 0.2) is 0 Å². The molecule has 0 saturated carbocycles. The van der Waals surface area contributed by atoms with Crippen LogP contribution in [0, 0.1) is 0 Å². The van der Waals surface area contributed by atoms with Gasteiger partial charge in [-0.3, -0.25) is 0 Å². The minimum absolute atomic E-state index is 0.369. The minimum atomic E-state index is 0.369. The molecule has 1 unspecified atom stereocenters. The summed E-state index contributed by atoms with van der Waals surface area (Å²) in [5, 5.41) is 0. The van der Waals surface area contributed by atoms with Gasteiger partial charge in [-0.05, 0) is 0 Å². The van der Waals surface area contributed by atoms with Crippen molar-refractivity contribution in [1.82, 2.24) is 0 Å². The van der Waals surface area contributed by atoms with Crippen LogP contribution in [0.25, 0.3) is 0 Å². The summed E-state index contributed by atoms with van der Waals surface area (Å²) in [4.78, 5) is 4.01. The Hall–Kier alpha value is 2.18. The Morgan fingerprint density at radius 1 is 1.22 bits per heavy atom. The second-order valence-corrected chi connectivity index (χ2v) is 9.37. The molecule has 0 bridgehead atoms. The van der Waals surface area contributed by atoms with Gasteiger partial charge in [0.2, 0.25) is 0 Å². The number of rotatable bonds is 3.